The van der Waals surface area contributed by atoms with Crippen LogP contribution in [0, 0.1) is 0 Å². The van der Waals surface area contributed by atoms with Crippen LogP contribution in [0.25, 0.3) is 0 Å². The molecule has 30 heavy (non-hydrogen) atoms. The summed E-state index contributed by atoms with van der Waals surface area (Å²) in [6.45, 7) is 3.05. The Hall–Kier alpha value is -3.32. The van der Waals surface area contributed by atoms with Crippen LogP contribution in [0.15, 0.2) is 67.0 Å². The van der Waals surface area contributed by atoms with E-state index in [1.54, 1.807) is 6.20 Å². The van der Waals surface area contributed by atoms with Crippen molar-refractivity contribution in [1.82, 2.24) is 20.7 Å². The Labute approximate surface area is 176 Å². The summed E-state index contributed by atoms with van der Waals surface area (Å²) < 4.78 is 5.49. The second-order valence-electron chi connectivity index (χ2n) is 7.37. The molecular weight excluding hydrogens is 380 g/mol. The van der Waals surface area contributed by atoms with Crippen LogP contribution >= 0.6 is 0 Å². The number of hydrogen-bond donors (Lipinski definition) is 2. The summed E-state index contributed by atoms with van der Waals surface area (Å²) in [7, 11) is 0. The quantitative estimate of drug-likeness (QED) is 0.738. The minimum atomic E-state index is -0.325. The average molecular weight is 406 g/mol. The van der Waals surface area contributed by atoms with E-state index < -0.39 is 0 Å². The van der Waals surface area contributed by atoms with E-state index in [-0.39, 0.29) is 30.4 Å². The molecule has 0 aliphatic carbocycles. The summed E-state index contributed by atoms with van der Waals surface area (Å²) in [4.78, 5) is 26.7. The smallest absolute Gasteiger partial charge is 0.251 e. The fourth-order valence-corrected chi connectivity index (χ4v) is 3.75. The minimum absolute atomic E-state index is 0.0141. The summed E-state index contributed by atoms with van der Waals surface area (Å²) in [5, 5.41) is 4.70. The molecule has 0 radical (unpaired) electrons. The van der Waals surface area contributed by atoms with Gasteiger partial charge in [-0.2, -0.15) is 0 Å². The maximum Gasteiger partial charge on any atom is 0.251 e. The van der Waals surface area contributed by atoms with Crippen molar-refractivity contribution in [2.75, 3.05) is 13.2 Å². The third-order valence-electron chi connectivity index (χ3n) is 5.31. The predicted octanol–water partition coefficient (Wildman–Crippen LogP) is 2.34. The highest BCUT2D eigenvalue weighted by Crippen LogP contribution is 2.31. The molecule has 2 amide bonds. The largest absolute Gasteiger partial charge is 0.494 e. The van der Waals surface area contributed by atoms with Crippen molar-refractivity contribution in [3.8, 4) is 5.75 Å². The summed E-state index contributed by atoms with van der Waals surface area (Å²) in [5.41, 5.74) is 5.49. The van der Waals surface area contributed by atoms with Crippen LogP contribution in [0.2, 0.25) is 0 Å². The topological polar surface area (TPSA) is 73.9 Å². The van der Waals surface area contributed by atoms with Crippen molar-refractivity contribution < 1.29 is 14.3 Å². The summed E-state index contributed by atoms with van der Waals surface area (Å²) in [5.74, 6) is 0.577. The van der Waals surface area contributed by atoms with E-state index >= 15 is 0 Å². The molecule has 0 spiro atoms. The van der Waals surface area contributed by atoms with Gasteiger partial charge in [-0.25, -0.2) is 5.43 Å². The molecular formula is C23H26N4O3. The molecule has 1 fully saturated rings. The van der Waals surface area contributed by atoms with E-state index in [2.05, 4.69) is 10.7 Å². The van der Waals surface area contributed by atoms with E-state index in [0.717, 1.165) is 16.9 Å². The first-order chi connectivity index (χ1) is 14.6. The van der Waals surface area contributed by atoms with Crippen molar-refractivity contribution in [3.05, 3.63) is 78.1 Å². The summed E-state index contributed by atoms with van der Waals surface area (Å²) >= 11 is 0. The molecule has 2 aromatic rings. The number of benzene rings is 2. The zero-order chi connectivity index (χ0) is 20.9. The Morgan fingerprint density at radius 3 is 2.63 bits per heavy atom. The van der Waals surface area contributed by atoms with Crippen LogP contribution in [-0.2, 0) is 16.1 Å². The Bertz CT molecular complexity index is 914. The van der Waals surface area contributed by atoms with E-state index in [1.165, 1.54) is 4.90 Å². The fraction of sp³-hybridized carbons (Fsp3) is 0.304. The Balaban J connectivity index is 1.33. The number of ether oxygens (including phenoxy) is 1. The van der Waals surface area contributed by atoms with Crippen LogP contribution in [0.4, 0.5) is 0 Å². The van der Waals surface area contributed by atoms with E-state index in [1.807, 2.05) is 72.7 Å². The highest BCUT2D eigenvalue weighted by molar-refractivity contribution is 5.89. The molecule has 2 N–H and O–H groups in total. The van der Waals surface area contributed by atoms with E-state index in [4.69, 9.17) is 4.74 Å². The first-order valence-electron chi connectivity index (χ1n) is 10.2. The number of nitrogens with zero attached hydrogens (tertiary/aromatic N) is 2. The van der Waals surface area contributed by atoms with Crippen LogP contribution < -0.4 is 15.5 Å². The zero-order valence-electron chi connectivity index (χ0n) is 17.0. The van der Waals surface area contributed by atoms with Crippen LogP contribution in [0.1, 0.15) is 30.5 Å². The van der Waals surface area contributed by atoms with Gasteiger partial charge in [0.2, 0.25) is 5.91 Å². The van der Waals surface area contributed by atoms with Gasteiger partial charge in [0, 0.05) is 18.9 Å². The highest BCUT2D eigenvalue weighted by Gasteiger charge is 2.40. The van der Waals surface area contributed by atoms with Crippen LogP contribution in [0.5, 0.6) is 5.75 Å². The first-order valence-corrected chi connectivity index (χ1v) is 10.2. The molecule has 0 saturated carbocycles. The van der Waals surface area contributed by atoms with Crippen molar-refractivity contribution >= 4 is 11.8 Å². The van der Waals surface area contributed by atoms with Gasteiger partial charge in [0.05, 0.1) is 12.6 Å². The monoisotopic (exact) mass is 406 g/mol. The average Bonchev–Trinajstić information content (AvgIpc) is 3.21. The molecule has 4 rings (SSSR count). The normalized spacial score (nSPS) is 20.2. The van der Waals surface area contributed by atoms with Crippen LogP contribution in [-0.4, -0.2) is 40.9 Å². The molecule has 0 bridgehead atoms. The van der Waals surface area contributed by atoms with Gasteiger partial charge >= 0.3 is 0 Å². The molecule has 2 aliphatic heterocycles. The maximum absolute atomic E-state index is 12.9. The standard InChI is InChI=1S/C23H26N4O3/c1-2-30-19-10-8-18(9-11-19)20-14-21-23(29)26(12-13-27(21)25-20)16-22(28)24-15-17-6-4-3-5-7-17/h3-13,20-21,25H,2,14-16H2,1H3,(H,24,28). The number of fused-ring (bicyclic) bond motifs is 1. The Morgan fingerprint density at radius 1 is 1.13 bits per heavy atom. The van der Waals surface area contributed by atoms with Gasteiger partial charge in [-0.05, 0) is 36.6 Å². The fourth-order valence-electron chi connectivity index (χ4n) is 3.75. The zero-order valence-corrected chi connectivity index (χ0v) is 17.0. The van der Waals surface area contributed by atoms with E-state index in [9.17, 15) is 9.59 Å². The van der Waals surface area contributed by atoms with Crippen molar-refractivity contribution in [3.63, 3.8) is 0 Å². The molecule has 2 aromatic carbocycles. The predicted molar refractivity (Wildman–Crippen MR) is 113 cm³/mol. The molecule has 156 valence electrons. The van der Waals surface area contributed by atoms with Gasteiger partial charge < -0.3 is 20.0 Å². The molecule has 1 saturated heterocycles. The van der Waals surface area contributed by atoms with Gasteiger partial charge in [-0.3, -0.25) is 9.59 Å². The number of carbonyl (C=O) groups is 2. The number of carbonyl (C=O) groups excluding carboxylic acids is 2. The molecule has 2 heterocycles. The number of hydrazine groups is 1. The Morgan fingerprint density at radius 2 is 1.90 bits per heavy atom. The number of hydrogen-bond acceptors (Lipinski definition) is 5. The highest BCUT2D eigenvalue weighted by atomic mass is 16.5. The SMILES string of the molecule is CCOc1ccc(C2CC3C(=O)N(CC(=O)NCc4ccccc4)C=CN3N2)cc1. The molecule has 0 aromatic heterocycles. The number of rotatable bonds is 7. The third kappa shape index (κ3) is 4.46. The molecule has 7 heteroatoms. The van der Waals surface area contributed by atoms with Gasteiger partial charge in [0.1, 0.15) is 18.3 Å². The van der Waals surface area contributed by atoms with Crippen molar-refractivity contribution in [2.24, 2.45) is 0 Å². The lowest BCUT2D eigenvalue weighted by molar-refractivity contribution is -0.138. The lowest BCUT2D eigenvalue weighted by Crippen LogP contribution is -2.50. The van der Waals surface area contributed by atoms with Crippen molar-refractivity contribution in [1.29, 1.82) is 0 Å². The van der Waals surface area contributed by atoms with Gasteiger partial charge in [0.25, 0.3) is 5.91 Å². The molecule has 2 unspecified atom stereocenters. The Kier molecular flexibility index (Phi) is 5.99. The third-order valence-corrected chi connectivity index (χ3v) is 5.31. The lowest BCUT2D eigenvalue weighted by atomic mass is 10.0. The molecule has 7 nitrogen and oxygen atoms in total. The lowest BCUT2D eigenvalue weighted by Gasteiger charge is -2.31. The van der Waals surface area contributed by atoms with Crippen molar-refractivity contribution in [2.45, 2.75) is 32.0 Å². The maximum atomic E-state index is 12.9. The molecule has 2 atom stereocenters. The second-order valence-corrected chi connectivity index (χ2v) is 7.37. The second kappa shape index (κ2) is 9.00. The number of amides is 2. The molecule has 2 aliphatic rings. The number of nitrogens with one attached hydrogen (secondary N) is 2. The van der Waals surface area contributed by atoms with Gasteiger partial charge in [0.15, 0.2) is 0 Å². The minimum Gasteiger partial charge on any atom is -0.494 e. The van der Waals surface area contributed by atoms with E-state index in [0.29, 0.717) is 19.6 Å². The summed E-state index contributed by atoms with van der Waals surface area (Å²) in [6, 6.07) is 17.3. The summed E-state index contributed by atoms with van der Waals surface area (Å²) in [6.07, 6.45) is 4.12. The van der Waals surface area contributed by atoms with Gasteiger partial charge in [-0.15, -0.1) is 0 Å². The first kappa shape index (κ1) is 20.0. The van der Waals surface area contributed by atoms with Crippen LogP contribution in [0.3, 0.4) is 0 Å². The van der Waals surface area contributed by atoms with Gasteiger partial charge in [-0.1, -0.05) is 42.5 Å².